The van der Waals surface area contributed by atoms with Gasteiger partial charge in [-0.1, -0.05) is 12.1 Å². The summed E-state index contributed by atoms with van der Waals surface area (Å²) in [6, 6.07) is 6.62. The van der Waals surface area contributed by atoms with Gasteiger partial charge in [-0.15, -0.1) is 11.3 Å². The van der Waals surface area contributed by atoms with Gasteiger partial charge >= 0.3 is 6.03 Å². The molecule has 24 heavy (non-hydrogen) atoms. The van der Waals surface area contributed by atoms with Crippen LogP contribution in [0, 0.1) is 12.7 Å². The van der Waals surface area contributed by atoms with Crippen molar-refractivity contribution < 1.29 is 13.6 Å². The van der Waals surface area contributed by atoms with E-state index >= 15 is 0 Å². The number of thiazole rings is 1. The molecule has 0 atom stereocenters. The van der Waals surface area contributed by atoms with E-state index in [0.717, 1.165) is 16.0 Å². The zero-order chi connectivity index (χ0) is 16.9. The van der Waals surface area contributed by atoms with E-state index in [0.29, 0.717) is 23.7 Å². The molecular formula is C17H16FN3O2S. The maximum Gasteiger partial charge on any atom is 0.321 e. The lowest BCUT2D eigenvalue weighted by atomic mass is 10.1. The van der Waals surface area contributed by atoms with E-state index in [1.54, 1.807) is 37.8 Å². The first-order valence-corrected chi connectivity index (χ1v) is 8.17. The van der Waals surface area contributed by atoms with Crippen LogP contribution in [0.25, 0.3) is 0 Å². The number of aryl methyl sites for hydroxylation is 1. The average Bonchev–Trinajstić information content (AvgIpc) is 3.21. The van der Waals surface area contributed by atoms with Crippen LogP contribution in [-0.2, 0) is 13.0 Å². The number of halogens is 1. The summed E-state index contributed by atoms with van der Waals surface area (Å²) in [4.78, 5) is 16.9. The Morgan fingerprint density at radius 2 is 2.21 bits per heavy atom. The predicted molar refractivity (Wildman–Crippen MR) is 90.6 cm³/mol. The minimum absolute atomic E-state index is 0.214. The van der Waals surface area contributed by atoms with Gasteiger partial charge in [0.25, 0.3) is 0 Å². The van der Waals surface area contributed by atoms with Gasteiger partial charge in [0.2, 0.25) is 0 Å². The van der Waals surface area contributed by atoms with Crippen molar-refractivity contribution >= 4 is 22.5 Å². The molecule has 0 saturated carbocycles. The van der Waals surface area contributed by atoms with Crippen LogP contribution in [0.5, 0.6) is 0 Å². The molecule has 2 amide bonds. The van der Waals surface area contributed by atoms with Crippen LogP contribution in [0.3, 0.4) is 0 Å². The number of carbonyl (C=O) groups excluding carboxylic acids is 1. The maximum absolute atomic E-state index is 13.6. The van der Waals surface area contributed by atoms with Crippen LogP contribution in [0.2, 0.25) is 0 Å². The normalized spacial score (nSPS) is 10.6. The lowest BCUT2D eigenvalue weighted by Crippen LogP contribution is -2.27. The van der Waals surface area contributed by atoms with E-state index in [-0.39, 0.29) is 11.8 Å². The van der Waals surface area contributed by atoms with E-state index in [1.165, 1.54) is 17.4 Å². The number of carbonyl (C=O) groups is 1. The van der Waals surface area contributed by atoms with E-state index in [2.05, 4.69) is 15.6 Å². The lowest BCUT2D eigenvalue weighted by molar-refractivity contribution is 0.251. The molecule has 0 saturated heterocycles. The first-order valence-electron chi connectivity index (χ1n) is 7.36. The zero-order valence-electron chi connectivity index (χ0n) is 13.0. The van der Waals surface area contributed by atoms with Gasteiger partial charge in [0, 0.05) is 29.6 Å². The van der Waals surface area contributed by atoms with Gasteiger partial charge in [-0.3, -0.25) is 5.32 Å². The third-order valence-electron chi connectivity index (χ3n) is 3.42. The van der Waals surface area contributed by atoms with Gasteiger partial charge in [0.1, 0.15) is 5.82 Å². The molecule has 0 spiro atoms. The monoisotopic (exact) mass is 345 g/mol. The van der Waals surface area contributed by atoms with Crippen LogP contribution in [0.1, 0.15) is 21.6 Å². The van der Waals surface area contributed by atoms with Crippen LogP contribution in [0.15, 0.2) is 47.4 Å². The minimum Gasteiger partial charge on any atom is -0.472 e. The quantitative estimate of drug-likeness (QED) is 0.732. The number of hydrogen-bond acceptors (Lipinski definition) is 4. The Morgan fingerprint density at radius 1 is 1.33 bits per heavy atom. The first-order chi connectivity index (χ1) is 11.6. The number of amides is 2. The van der Waals surface area contributed by atoms with E-state index in [9.17, 15) is 9.18 Å². The molecule has 0 fully saturated rings. The Kier molecular flexibility index (Phi) is 4.90. The maximum atomic E-state index is 13.6. The topological polar surface area (TPSA) is 67.2 Å². The Labute approximate surface area is 142 Å². The Balaban J connectivity index is 1.54. The number of anilines is 1. The number of nitrogens with zero attached hydrogens (tertiary/aromatic N) is 1. The molecule has 0 aliphatic carbocycles. The van der Waals surface area contributed by atoms with Gasteiger partial charge in [-0.2, -0.15) is 0 Å². The van der Waals surface area contributed by atoms with E-state index in [1.807, 2.05) is 6.07 Å². The molecule has 2 heterocycles. The summed E-state index contributed by atoms with van der Waals surface area (Å²) in [6.07, 6.45) is 5.39. The smallest absolute Gasteiger partial charge is 0.321 e. The molecule has 124 valence electrons. The summed E-state index contributed by atoms with van der Waals surface area (Å²) in [5, 5.41) is 5.90. The molecule has 3 aromatic rings. The van der Waals surface area contributed by atoms with Gasteiger partial charge in [0.15, 0.2) is 5.13 Å². The molecule has 0 aliphatic heterocycles. The van der Waals surface area contributed by atoms with Gasteiger partial charge in [-0.25, -0.2) is 14.2 Å². The molecule has 7 heteroatoms. The Hall–Kier alpha value is -2.67. The summed E-state index contributed by atoms with van der Waals surface area (Å²) in [7, 11) is 0. The lowest BCUT2D eigenvalue weighted by Gasteiger charge is -2.03. The summed E-state index contributed by atoms with van der Waals surface area (Å²) in [5.41, 5.74) is 2.38. The second-order valence-corrected chi connectivity index (χ2v) is 6.45. The molecular weight excluding hydrogens is 329 g/mol. The van der Waals surface area contributed by atoms with Crippen molar-refractivity contribution in [2.75, 3.05) is 5.32 Å². The highest BCUT2D eigenvalue weighted by Gasteiger charge is 2.08. The summed E-state index contributed by atoms with van der Waals surface area (Å²) < 4.78 is 18.5. The van der Waals surface area contributed by atoms with Crippen molar-refractivity contribution in [3.8, 4) is 0 Å². The van der Waals surface area contributed by atoms with Crippen molar-refractivity contribution in [3.63, 3.8) is 0 Å². The highest BCUT2D eigenvalue weighted by atomic mass is 32.1. The number of furan rings is 1. The Bertz CT molecular complexity index is 830. The summed E-state index contributed by atoms with van der Waals surface area (Å²) in [5.74, 6) is -0.214. The second kappa shape index (κ2) is 7.27. The standard InChI is InChI=1S/C17H16FN3O2S/c1-11-2-3-12(7-15(11)18)6-14-9-20-17(24-14)21-16(22)19-8-13-4-5-23-10-13/h2-5,7,9-10H,6,8H2,1H3,(H2,19,20,21,22). The number of aromatic nitrogens is 1. The summed E-state index contributed by atoms with van der Waals surface area (Å²) in [6.45, 7) is 2.11. The van der Waals surface area contributed by atoms with Crippen LogP contribution >= 0.6 is 11.3 Å². The predicted octanol–water partition coefficient (Wildman–Crippen LogP) is 4.10. The molecule has 0 unspecified atom stereocenters. The van der Waals surface area contributed by atoms with Crippen molar-refractivity contribution in [3.05, 3.63) is 70.4 Å². The fourth-order valence-corrected chi connectivity index (χ4v) is 2.95. The zero-order valence-corrected chi connectivity index (χ0v) is 13.8. The Morgan fingerprint density at radius 3 is 2.96 bits per heavy atom. The second-order valence-electron chi connectivity index (χ2n) is 5.33. The molecule has 0 bridgehead atoms. The van der Waals surface area contributed by atoms with Gasteiger partial charge in [0.05, 0.1) is 12.5 Å². The molecule has 2 N–H and O–H groups in total. The fraction of sp³-hybridized carbons (Fsp3) is 0.176. The molecule has 1 aromatic carbocycles. The summed E-state index contributed by atoms with van der Waals surface area (Å²) >= 11 is 1.37. The molecule has 0 radical (unpaired) electrons. The number of hydrogen-bond donors (Lipinski definition) is 2. The average molecular weight is 345 g/mol. The van der Waals surface area contributed by atoms with Gasteiger partial charge < -0.3 is 9.73 Å². The van der Waals surface area contributed by atoms with Crippen LogP contribution in [0.4, 0.5) is 14.3 Å². The van der Waals surface area contributed by atoms with E-state index in [4.69, 9.17) is 4.42 Å². The van der Waals surface area contributed by atoms with Crippen molar-refractivity contribution in [2.24, 2.45) is 0 Å². The third-order valence-corrected chi connectivity index (χ3v) is 4.33. The highest BCUT2D eigenvalue weighted by Crippen LogP contribution is 2.22. The number of benzene rings is 1. The minimum atomic E-state index is -0.335. The third kappa shape index (κ3) is 4.20. The van der Waals surface area contributed by atoms with Crippen molar-refractivity contribution in [2.45, 2.75) is 19.9 Å². The molecule has 0 aliphatic rings. The van der Waals surface area contributed by atoms with Gasteiger partial charge in [-0.05, 0) is 30.2 Å². The van der Waals surface area contributed by atoms with E-state index < -0.39 is 0 Å². The van der Waals surface area contributed by atoms with Crippen LogP contribution < -0.4 is 10.6 Å². The number of nitrogens with one attached hydrogen (secondary N) is 2. The van der Waals surface area contributed by atoms with Crippen LogP contribution in [-0.4, -0.2) is 11.0 Å². The highest BCUT2D eigenvalue weighted by molar-refractivity contribution is 7.15. The molecule has 5 nitrogen and oxygen atoms in total. The largest absolute Gasteiger partial charge is 0.472 e. The number of urea groups is 1. The molecule has 2 aromatic heterocycles. The first kappa shape index (κ1) is 16.2. The SMILES string of the molecule is Cc1ccc(Cc2cnc(NC(=O)NCc3ccoc3)s2)cc1F. The number of rotatable bonds is 5. The van der Waals surface area contributed by atoms with Crippen molar-refractivity contribution in [1.29, 1.82) is 0 Å². The molecule has 3 rings (SSSR count). The fourth-order valence-electron chi connectivity index (χ4n) is 2.11. The van der Waals surface area contributed by atoms with Crippen molar-refractivity contribution in [1.82, 2.24) is 10.3 Å².